The molecule has 13 aromatic rings. The third-order valence-electron chi connectivity index (χ3n) is 14.5. The number of fused-ring (bicyclic) bond motifs is 9. The molecular weight excluding hydrogens is 849 g/mol. The lowest BCUT2D eigenvalue weighted by Crippen LogP contribution is -2.28. The molecule has 1 aliphatic carbocycles. The summed E-state index contributed by atoms with van der Waals surface area (Å²) in [6.07, 6.45) is 0. The maximum atomic E-state index is 5.61. The lowest BCUT2D eigenvalue weighted by atomic mass is 9.67. The Labute approximate surface area is 405 Å². The monoisotopic (exact) mass is 890 g/mol. The molecule has 0 amide bonds. The Balaban J connectivity index is 1.07. The number of hydrogen-bond acceptors (Lipinski definition) is 3. The van der Waals surface area contributed by atoms with Gasteiger partial charge in [0, 0.05) is 33.2 Å². The van der Waals surface area contributed by atoms with Gasteiger partial charge in [0.15, 0.2) is 17.5 Å². The van der Waals surface area contributed by atoms with Gasteiger partial charge in [-0.2, -0.15) is 0 Å². The fourth-order valence-electron chi connectivity index (χ4n) is 11.5. The van der Waals surface area contributed by atoms with E-state index in [0.29, 0.717) is 17.5 Å². The highest BCUT2D eigenvalue weighted by Gasteiger charge is 2.47. The molecule has 2 aromatic heterocycles. The molecule has 2 heterocycles. The summed E-state index contributed by atoms with van der Waals surface area (Å²) in [5.74, 6) is 1.83. The summed E-state index contributed by atoms with van der Waals surface area (Å²) in [7, 11) is 0. The number of nitrogens with zero attached hydrogens (tertiary/aromatic N) is 4. The first-order valence-electron chi connectivity index (χ1n) is 23.9. The Morgan fingerprint density at radius 3 is 1.50 bits per heavy atom. The molecule has 0 N–H and O–H groups in total. The predicted octanol–water partition coefficient (Wildman–Crippen LogP) is 16.3. The highest BCUT2D eigenvalue weighted by atomic mass is 15.0. The van der Waals surface area contributed by atoms with E-state index in [-0.39, 0.29) is 0 Å². The zero-order chi connectivity index (χ0) is 46.2. The molecule has 4 nitrogen and oxygen atoms in total. The van der Waals surface area contributed by atoms with Gasteiger partial charge in [-0.15, -0.1) is 0 Å². The van der Waals surface area contributed by atoms with Crippen molar-refractivity contribution in [2.45, 2.75) is 5.41 Å². The van der Waals surface area contributed by atoms with E-state index in [1.807, 2.05) is 6.07 Å². The molecular formula is C66H42N4. The molecule has 0 fully saturated rings. The van der Waals surface area contributed by atoms with Crippen LogP contribution in [-0.4, -0.2) is 19.5 Å². The van der Waals surface area contributed by atoms with Gasteiger partial charge in [0.1, 0.15) is 0 Å². The minimum absolute atomic E-state index is 0.573. The Morgan fingerprint density at radius 1 is 0.300 bits per heavy atom. The van der Waals surface area contributed by atoms with Crippen molar-refractivity contribution in [3.8, 4) is 62.1 Å². The molecule has 0 spiro atoms. The molecule has 0 bridgehead atoms. The third-order valence-corrected chi connectivity index (χ3v) is 14.5. The Kier molecular flexibility index (Phi) is 9.08. The van der Waals surface area contributed by atoms with Crippen LogP contribution in [0.2, 0.25) is 0 Å². The lowest BCUT2D eigenvalue weighted by molar-refractivity contribution is 0.768. The topological polar surface area (TPSA) is 43.6 Å². The summed E-state index contributed by atoms with van der Waals surface area (Å²) < 4.78 is 2.40. The van der Waals surface area contributed by atoms with Gasteiger partial charge in [-0.1, -0.05) is 218 Å². The molecule has 4 heteroatoms. The van der Waals surface area contributed by atoms with Crippen molar-refractivity contribution in [2.75, 3.05) is 0 Å². The summed E-state index contributed by atoms with van der Waals surface area (Å²) >= 11 is 0. The van der Waals surface area contributed by atoms with E-state index in [4.69, 9.17) is 15.0 Å². The predicted molar refractivity (Wildman–Crippen MR) is 288 cm³/mol. The molecule has 0 saturated carbocycles. The first-order chi connectivity index (χ1) is 34.7. The zero-order valence-electron chi connectivity index (χ0n) is 38.0. The SMILES string of the molecule is c1ccc(-c2nc(-c3cc(-c4cc5ccccc5c5ccccc45)cc(-n4c5ccccc5c5ccccc54)c3)nc(-c3cccc4c3-c3ccccc3C4(c3ccccc3)c3ccccc3)n2)cc1. The summed E-state index contributed by atoms with van der Waals surface area (Å²) in [5, 5.41) is 7.23. The van der Waals surface area contributed by atoms with Crippen molar-refractivity contribution >= 4 is 43.4 Å². The Bertz CT molecular complexity index is 4080. The van der Waals surface area contributed by atoms with Gasteiger partial charge in [0.25, 0.3) is 0 Å². The molecule has 0 aliphatic heterocycles. The van der Waals surface area contributed by atoms with Crippen molar-refractivity contribution in [1.29, 1.82) is 0 Å². The maximum absolute atomic E-state index is 5.61. The van der Waals surface area contributed by atoms with E-state index in [1.165, 1.54) is 60.1 Å². The van der Waals surface area contributed by atoms with Crippen molar-refractivity contribution < 1.29 is 0 Å². The standard InChI is InChI=1S/C66H42N4/c1-4-21-43(22-5-1)63-67-64(69-65(68-63)56-34-20-36-59-62(56)55-33-14-17-35-58(55)66(59,47-24-6-2-7-25-47)48-26-8-3-9-27-48)46-39-45(57-42-44-23-10-11-28-50(44)51-29-12-13-30-52(51)57)40-49(41-46)70-60-37-18-15-31-53(60)54-32-16-19-38-61(54)70/h1-42H. The fourth-order valence-corrected chi connectivity index (χ4v) is 11.5. The van der Waals surface area contributed by atoms with Crippen molar-refractivity contribution in [3.05, 3.63) is 277 Å². The molecule has 0 unspecified atom stereocenters. The average Bonchev–Trinajstić information content (AvgIpc) is 3.94. The number of rotatable bonds is 7. The van der Waals surface area contributed by atoms with Crippen LogP contribution in [0, 0.1) is 0 Å². The van der Waals surface area contributed by atoms with Crippen LogP contribution in [0.4, 0.5) is 0 Å². The van der Waals surface area contributed by atoms with Crippen molar-refractivity contribution in [1.82, 2.24) is 19.5 Å². The summed E-state index contributed by atoms with van der Waals surface area (Å²) in [4.78, 5) is 16.5. The van der Waals surface area contributed by atoms with Crippen LogP contribution in [0.3, 0.4) is 0 Å². The minimum Gasteiger partial charge on any atom is -0.309 e. The molecule has 11 aromatic carbocycles. The van der Waals surface area contributed by atoms with Gasteiger partial charge < -0.3 is 4.57 Å². The molecule has 0 radical (unpaired) electrons. The van der Waals surface area contributed by atoms with E-state index >= 15 is 0 Å². The highest BCUT2D eigenvalue weighted by Crippen LogP contribution is 2.58. The first kappa shape index (κ1) is 39.9. The van der Waals surface area contributed by atoms with E-state index in [9.17, 15) is 0 Å². The Hall–Kier alpha value is -9.25. The van der Waals surface area contributed by atoms with Gasteiger partial charge in [-0.05, 0) is 102 Å². The van der Waals surface area contributed by atoms with Crippen molar-refractivity contribution in [3.63, 3.8) is 0 Å². The number of hydrogen-bond donors (Lipinski definition) is 0. The van der Waals surface area contributed by atoms with Gasteiger partial charge in [0.2, 0.25) is 0 Å². The second-order valence-electron chi connectivity index (χ2n) is 18.3. The first-order valence-corrected chi connectivity index (χ1v) is 23.9. The van der Waals surface area contributed by atoms with Gasteiger partial charge in [0.05, 0.1) is 16.4 Å². The molecule has 14 rings (SSSR count). The number of para-hydroxylation sites is 2. The maximum Gasteiger partial charge on any atom is 0.164 e. The largest absolute Gasteiger partial charge is 0.309 e. The van der Waals surface area contributed by atoms with Crippen LogP contribution < -0.4 is 0 Å². The van der Waals surface area contributed by atoms with Crippen molar-refractivity contribution in [2.24, 2.45) is 0 Å². The van der Waals surface area contributed by atoms with Gasteiger partial charge in [-0.25, -0.2) is 15.0 Å². The molecule has 1 aliphatic rings. The normalized spacial score (nSPS) is 12.7. The molecule has 326 valence electrons. The Morgan fingerprint density at radius 2 is 0.800 bits per heavy atom. The average molecular weight is 891 g/mol. The summed E-state index contributed by atoms with van der Waals surface area (Å²) in [6, 6.07) is 91.8. The number of benzene rings is 11. The molecule has 70 heavy (non-hydrogen) atoms. The minimum atomic E-state index is -0.573. The lowest BCUT2D eigenvalue weighted by Gasteiger charge is -2.33. The van der Waals surface area contributed by atoms with Crippen LogP contribution >= 0.6 is 0 Å². The summed E-state index contributed by atoms with van der Waals surface area (Å²) in [6.45, 7) is 0. The van der Waals surface area contributed by atoms with Crippen LogP contribution in [-0.2, 0) is 5.41 Å². The van der Waals surface area contributed by atoms with Crippen LogP contribution in [0.1, 0.15) is 22.3 Å². The van der Waals surface area contributed by atoms with E-state index < -0.39 is 5.41 Å². The second-order valence-corrected chi connectivity index (χ2v) is 18.3. The van der Waals surface area contributed by atoms with E-state index in [1.54, 1.807) is 0 Å². The second kappa shape index (κ2) is 15.9. The molecule has 0 atom stereocenters. The molecule has 0 saturated heterocycles. The van der Waals surface area contributed by atoms with Crippen LogP contribution in [0.25, 0.3) is 105 Å². The van der Waals surface area contributed by atoms with Crippen LogP contribution in [0.15, 0.2) is 255 Å². The quantitative estimate of drug-likeness (QED) is 0.150. The van der Waals surface area contributed by atoms with E-state index in [2.05, 4.69) is 253 Å². The number of aromatic nitrogens is 4. The summed E-state index contributed by atoms with van der Waals surface area (Å²) in [5.41, 5.74) is 14.9. The smallest absolute Gasteiger partial charge is 0.164 e. The highest BCUT2D eigenvalue weighted by molar-refractivity contribution is 6.14. The van der Waals surface area contributed by atoms with E-state index in [0.717, 1.165) is 50.1 Å². The van der Waals surface area contributed by atoms with Gasteiger partial charge in [-0.3, -0.25) is 0 Å². The third kappa shape index (κ3) is 6.06. The zero-order valence-corrected chi connectivity index (χ0v) is 38.0. The fraction of sp³-hybridized carbons (Fsp3) is 0.0152. The van der Waals surface area contributed by atoms with Crippen LogP contribution in [0.5, 0.6) is 0 Å². The van der Waals surface area contributed by atoms with Gasteiger partial charge >= 0.3 is 0 Å².